The first-order valence-electron chi connectivity index (χ1n) is 4.54. The first-order chi connectivity index (χ1) is 8.41. The van der Waals surface area contributed by atoms with Gasteiger partial charge in [-0.15, -0.1) is 0 Å². The van der Waals surface area contributed by atoms with Crippen LogP contribution in [0.15, 0.2) is 21.7 Å². The number of benzene rings is 1. The van der Waals surface area contributed by atoms with Crippen LogP contribution in [0.2, 0.25) is 0 Å². The van der Waals surface area contributed by atoms with E-state index in [1.165, 1.54) is 0 Å². The molecule has 0 spiro atoms. The van der Waals surface area contributed by atoms with Gasteiger partial charge in [0.1, 0.15) is 11.6 Å². The molecule has 2 aromatic rings. The van der Waals surface area contributed by atoms with Crippen LogP contribution in [0.25, 0.3) is 5.69 Å². The molecule has 0 aliphatic rings. The zero-order chi connectivity index (χ0) is 13.4. The van der Waals surface area contributed by atoms with Gasteiger partial charge in [-0.25, -0.2) is 37.9 Å². The second kappa shape index (κ2) is 3.95. The van der Waals surface area contributed by atoms with Crippen molar-refractivity contribution in [3.05, 3.63) is 50.3 Å². The highest BCUT2D eigenvalue weighted by atomic mass is 19.1. The molecule has 0 saturated heterocycles. The van der Waals surface area contributed by atoms with Crippen molar-refractivity contribution in [1.29, 1.82) is 0 Å². The topological polar surface area (TPSA) is 108 Å². The van der Waals surface area contributed by atoms with E-state index in [1.807, 2.05) is 10.2 Å². The van der Waals surface area contributed by atoms with Crippen LogP contribution in [0, 0.1) is 11.6 Å². The number of nitrogens with one attached hydrogen (secondary N) is 2. The fourth-order valence-corrected chi connectivity index (χ4v) is 1.40. The number of halogens is 2. The molecule has 3 N–H and O–H groups in total. The number of hydrogen-bond donors (Lipinski definition) is 3. The number of aromatic nitrogens is 3. The maximum Gasteiger partial charge on any atom is 0.349 e. The number of nitrogens with zero attached hydrogens (tertiary/aromatic N) is 1. The van der Waals surface area contributed by atoms with Gasteiger partial charge in [0, 0.05) is 6.07 Å². The van der Waals surface area contributed by atoms with Gasteiger partial charge < -0.3 is 5.11 Å². The normalized spacial score (nSPS) is 10.6. The van der Waals surface area contributed by atoms with E-state index < -0.39 is 40.2 Å². The number of hydrogen-bond acceptors (Lipinski definition) is 3. The van der Waals surface area contributed by atoms with Crippen molar-refractivity contribution in [3.8, 4) is 5.69 Å². The molecular formula is C9H5F2N3O4. The Kier molecular flexibility index (Phi) is 2.58. The molecule has 0 bridgehead atoms. The van der Waals surface area contributed by atoms with Gasteiger partial charge in [0.15, 0.2) is 0 Å². The van der Waals surface area contributed by atoms with Crippen molar-refractivity contribution >= 4 is 5.97 Å². The Labute approximate surface area is 96.3 Å². The molecule has 0 saturated carbocycles. The van der Waals surface area contributed by atoms with E-state index in [-0.39, 0.29) is 0 Å². The first kappa shape index (κ1) is 11.8. The zero-order valence-corrected chi connectivity index (χ0v) is 8.53. The average molecular weight is 257 g/mol. The van der Waals surface area contributed by atoms with Gasteiger partial charge in [0.2, 0.25) is 0 Å². The standard InChI is InChI=1S/C9H5F2N3O4/c10-4-2-6(5(11)1-3(4)7(15)16)14-8(17)12-13-9(14)18/h1-2H,(H,12,17)(H,13,18)(H,15,16). The van der Waals surface area contributed by atoms with Crippen molar-refractivity contribution in [1.82, 2.24) is 14.8 Å². The lowest BCUT2D eigenvalue weighted by Gasteiger charge is -2.04. The van der Waals surface area contributed by atoms with Crippen LogP contribution in [0.5, 0.6) is 0 Å². The third kappa shape index (κ3) is 1.71. The summed E-state index contributed by atoms with van der Waals surface area (Å²) in [7, 11) is 0. The predicted molar refractivity (Wildman–Crippen MR) is 53.9 cm³/mol. The molecular weight excluding hydrogens is 252 g/mol. The summed E-state index contributed by atoms with van der Waals surface area (Å²) >= 11 is 0. The molecule has 2 rings (SSSR count). The van der Waals surface area contributed by atoms with Crippen molar-refractivity contribution in [2.24, 2.45) is 0 Å². The number of H-pyrrole nitrogens is 2. The number of aromatic carboxylic acids is 1. The molecule has 1 heterocycles. The SMILES string of the molecule is O=C(O)c1cc(F)c(-n2c(=O)[nH][nH]c2=O)cc1F. The molecule has 9 heteroatoms. The second-order valence-corrected chi connectivity index (χ2v) is 3.28. The van der Waals surface area contributed by atoms with Crippen LogP contribution in [-0.2, 0) is 0 Å². The van der Waals surface area contributed by atoms with Gasteiger partial charge in [0.05, 0.1) is 11.3 Å². The zero-order valence-electron chi connectivity index (χ0n) is 8.53. The number of carbonyl (C=O) groups is 1. The van der Waals surface area contributed by atoms with Gasteiger partial charge in [-0.05, 0) is 6.07 Å². The molecule has 0 aliphatic heterocycles. The minimum absolute atomic E-state index is 0.310. The molecule has 1 aromatic carbocycles. The van der Waals surface area contributed by atoms with Crippen molar-refractivity contribution in [2.75, 3.05) is 0 Å². The summed E-state index contributed by atoms with van der Waals surface area (Å²) in [6.45, 7) is 0. The summed E-state index contributed by atoms with van der Waals surface area (Å²) in [6, 6.07) is 0.856. The summed E-state index contributed by atoms with van der Waals surface area (Å²) in [5.41, 5.74) is -3.57. The lowest BCUT2D eigenvalue weighted by molar-refractivity contribution is 0.0691. The third-order valence-electron chi connectivity index (χ3n) is 2.19. The van der Waals surface area contributed by atoms with Crippen LogP contribution < -0.4 is 11.4 Å². The van der Waals surface area contributed by atoms with E-state index in [2.05, 4.69) is 0 Å². The maximum atomic E-state index is 13.6. The van der Waals surface area contributed by atoms with E-state index in [9.17, 15) is 23.2 Å². The monoisotopic (exact) mass is 257 g/mol. The Morgan fingerprint density at radius 2 is 1.67 bits per heavy atom. The van der Waals surface area contributed by atoms with Gasteiger partial charge in [-0.1, -0.05) is 0 Å². The molecule has 18 heavy (non-hydrogen) atoms. The van der Waals surface area contributed by atoms with E-state index in [4.69, 9.17) is 5.11 Å². The highest BCUT2D eigenvalue weighted by Gasteiger charge is 2.18. The fourth-order valence-electron chi connectivity index (χ4n) is 1.40. The van der Waals surface area contributed by atoms with Gasteiger partial charge in [-0.3, -0.25) is 0 Å². The van der Waals surface area contributed by atoms with E-state index in [0.29, 0.717) is 16.7 Å². The number of rotatable bonds is 2. The Morgan fingerprint density at radius 3 is 2.17 bits per heavy atom. The first-order valence-corrected chi connectivity index (χ1v) is 4.54. The van der Waals surface area contributed by atoms with Crippen molar-refractivity contribution < 1.29 is 18.7 Å². The smallest absolute Gasteiger partial charge is 0.349 e. The number of aromatic amines is 2. The molecule has 0 amide bonds. The lowest BCUT2D eigenvalue weighted by Crippen LogP contribution is -2.26. The number of carboxylic acids is 1. The summed E-state index contributed by atoms with van der Waals surface area (Å²) in [5.74, 6) is -4.12. The maximum absolute atomic E-state index is 13.6. The quantitative estimate of drug-likeness (QED) is 0.694. The summed E-state index contributed by atoms with van der Waals surface area (Å²) in [6.07, 6.45) is 0. The van der Waals surface area contributed by atoms with Crippen LogP contribution in [0.1, 0.15) is 10.4 Å². The van der Waals surface area contributed by atoms with Crippen molar-refractivity contribution in [3.63, 3.8) is 0 Å². The minimum atomic E-state index is -1.66. The predicted octanol–water partition coefficient (Wildman–Crippen LogP) is -0.170. The average Bonchev–Trinajstić information content (AvgIpc) is 2.61. The molecule has 0 radical (unpaired) electrons. The molecule has 1 aromatic heterocycles. The van der Waals surface area contributed by atoms with Crippen molar-refractivity contribution in [2.45, 2.75) is 0 Å². The lowest BCUT2D eigenvalue weighted by atomic mass is 10.2. The molecule has 7 nitrogen and oxygen atoms in total. The van der Waals surface area contributed by atoms with E-state index in [1.54, 1.807) is 0 Å². The molecule has 94 valence electrons. The van der Waals surface area contributed by atoms with E-state index in [0.717, 1.165) is 0 Å². The van der Waals surface area contributed by atoms with E-state index >= 15 is 0 Å². The van der Waals surface area contributed by atoms with Gasteiger partial charge in [-0.2, -0.15) is 0 Å². The Morgan fingerprint density at radius 1 is 1.11 bits per heavy atom. The highest BCUT2D eigenvalue weighted by molar-refractivity contribution is 5.88. The molecule has 0 unspecified atom stereocenters. The van der Waals surface area contributed by atoms with Crippen LogP contribution in [-0.4, -0.2) is 25.8 Å². The highest BCUT2D eigenvalue weighted by Crippen LogP contribution is 2.16. The van der Waals surface area contributed by atoms with Gasteiger partial charge in [0.25, 0.3) is 0 Å². The third-order valence-corrected chi connectivity index (χ3v) is 2.19. The van der Waals surface area contributed by atoms with Crippen LogP contribution in [0.3, 0.4) is 0 Å². The second-order valence-electron chi connectivity index (χ2n) is 3.28. The summed E-state index contributed by atoms with van der Waals surface area (Å²) < 4.78 is 27.2. The fraction of sp³-hybridized carbons (Fsp3) is 0. The largest absolute Gasteiger partial charge is 0.478 e. The van der Waals surface area contributed by atoms with Crippen LogP contribution >= 0.6 is 0 Å². The Balaban J connectivity index is 2.76. The Bertz CT molecular complexity index is 716. The summed E-state index contributed by atoms with van der Waals surface area (Å²) in [5, 5.41) is 12.3. The van der Waals surface area contributed by atoms with Crippen LogP contribution in [0.4, 0.5) is 8.78 Å². The Hall–Kier alpha value is -2.71. The van der Waals surface area contributed by atoms with Gasteiger partial charge >= 0.3 is 17.3 Å². The molecule has 0 aliphatic carbocycles. The molecule has 0 fully saturated rings. The number of carboxylic acid groups (broad SMARTS) is 1. The molecule has 0 atom stereocenters. The summed E-state index contributed by atoms with van der Waals surface area (Å²) in [4.78, 5) is 32.9. The minimum Gasteiger partial charge on any atom is -0.478 e.